The fraction of sp³-hybridized carbons (Fsp3) is 0.500. The third kappa shape index (κ3) is 2.99. The smallest absolute Gasteiger partial charge is 0.161 e. The number of carbonyl (C=O) groups excluding carboxylic acids is 1. The second-order valence-corrected chi connectivity index (χ2v) is 5.11. The molecule has 0 saturated heterocycles. The highest BCUT2D eigenvalue weighted by molar-refractivity contribution is 5.59. The van der Waals surface area contributed by atoms with E-state index in [0.29, 0.717) is 19.6 Å². The minimum atomic E-state index is -0.334. The Kier molecular flexibility index (Phi) is 3.36. The number of fused-ring (bicyclic) bond motifs is 1. The second-order valence-electron chi connectivity index (χ2n) is 5.11. The van der Waals surface area contributed by atoms with Crippen molar-refractivity contribution in [2.75, 3.05) is 13.2 Å². The van der Waals surface area contributed by atoms with Gasteiger partial charge in [0.1, 0.15) is 6.29 Å². The molecule has 0 amide bonds. The van der Waals surface area contributed by atoms with Crippen LogP contribution in [0, 0.1) is 5.41 Å². The molecule has 2 rings (SSSR count). The molecule has 17 heavy (non-hydrogen) atoms. The van der Waals surface area contributed by atoms with Gasteiger partial charge in [0, 0.05) is 11.8 Å². The molecule has 0 spiro atoms. The van der Waals surface area contributed by atoms with Crippen molar-refractivity contribution in [3.05, 3.63) is 23.8 Å². The van der Waals surface area contributed by atoms with Crippen molar-refractivity contribution < 1.29 is 14.3 Å². The minimum absolute atomic E-state index is 0.334. The van der Waals surface area contributed by atoms with Crippen molar-refractivity contribution in [3.8, 4) is 11.5 Å². The maximum atomic E-state index is 10.9. The number of benzene rings is 1. The molecule has 1 aliphatic rings. The van der Waals surface area contributed by atoms with Gasteiger partial charge in [-0.15, -0.1) is 0 Å². The normalized spacial score (nSPS) is 15.2. The summed E-state index contributed by atoms with van der Waals surface area (Å²) in [5, 5.41) is 0. The number of aldehydes is 1. The van der Waals surface area contributed by atoms with Gasteiger partial charge in [-0.25, -0.2) is 0 Å². The maximum absolute atomic E-state index is 10.9. The van der Waals surface area contributed by atoms with Gasteiger partial charge in [0.05, 0.1) is 13.2 Å². The van der Waals surface area contributed by atoms with Crippen molar-refractivity contribution in [2.45, 2.75) is 26.7 Å². The largest absolute Gasteiger partial charge is 0.490 e. The Morgan fingerprint density at radius 2 is 1.94 bits per heavy atom. The standard InChI is InChI=1S/C14H18O3/c1-14(2,10-15)9-11-4-5-12-13(8-11)17-7-3-6-16-12/h4-5,8,10H,3,6-7,9H2,1-2H3. The first-order valence-electron chi connectivity index (χ1n) is 5.96. The molecule has 0 radical (unpaired) electrons. The van der Waals surface area contributed by atoms with Crippen molar-refractivity contribution in [1.29, 1.82) is 0 Å². The van der Waals surface area contributed by atoms with E-state index in [1.807, 2.05) is 32.0 Å². The van der Waals surface area contributed by atoms with Gasteiger partial charge in [0.15, 0.2) is 11.5 Å². The fourth-order valence-corrected chi connectivity index (χ4v) is 1.89. The van der Waals surface area contributed by atoms with E-state index in [-0.39, 0.29) is 5.41 Å². The zero-order chi connectivity index (χ0) is 12.3. The summed E-state index contributed by atoms with van der Waals surface area (Å²) in [5.41, 5.74) is 0.770. The molecular formula is C14H18O3. The minimum Gasteiger partial charge on any atom is -0.490 e. The number of hydrogen-bond acceptors (Lipinski definition) is 3. The van der Waals surface area contributed by atoms with Crippen molar-refractivity contribution in [2.24, 2.45) is 5.41 Å². The summed E-state index contributed by atoms with van der Waals surface area (Å²) in [6.07, 6.45) is 2.62. The van der Waals surface area contributed by atoms with Crippen molar-refractivity contribution >= 4 is 6.29 Å². The lowest BCUT2D eigenvalue weighted by Crippen LogP contribution is -2.16. The summed E-state index contributed by atoms with van der Waals surface area (Å²) in [7, 11) is 0. The fourth-order valence-electron chi connectivity index (χ4n) is 1.89. The van der Waals surface area contributed by atoms with E-state index in [4.69, 9.17) is 9.47 Å². The highest BCUT2D eigenvalue weighted by Crippen LogP contribution is 2.32. The molecule has 0 aliphatic carbocycles. The Morgan fingerprint density at radius 1 is 1.24 bits per heavy atom. The van der Waals surface area contributed by atoms with Crippen LogP contribution < -0.4 is 9.47 Å². The van der Waals surface area contributed by atoms with E-state index in [1.54, 1.807) is 0 Å². The predicted octanol–water partition coefficient (Wildman–Crippen LogP) is 2.62. The summed E-state index contributed by atoms with van der Waals surface area (Å²) in [4.78, 5) is 10.9. The highest BCUT2D eigenvalue weighted by Gasteiger charge is 2.19. The van der Waals surface area contributed by atoms with Crippen LogP contribution in [0.4, 0.5) is 0 Å². The molecule has 1 aliphatic heterocycles. The zero-order valence-electron chi connectivity index (χ0n) is 10.4. The van der Waals surface area contributed by atoms with Crippen LogP contribution in [-0.2, 0) is 11.2 Å². The van der Waals surface area contributed by atoms with E-state index >= 15 is 0 Å². The zero-order valence-corrected chi connectivity index (χ0v) is 10.4. The van der Waals surface area contributed by atoms with Gasteiger partial charge in [-0.05, 0) is 24.1 Å². The summed E-state index contributed by atoms with van der Waals surface area (Å²) in [6, 6.07) is 5.90. The first-order chi connectivity index (χ1) is 8.11. The Morgan fingerprint density at radius 3 is 2.65 bits per heavy atom. The van der Waals surface area contributed by atoms with Crippen LogP contribution >= 0.6 is 0 Å². The van der Waals surface area contributed by atoms with Gasteiger partial charge in [-0.3, -0.25) is 0 Å². The van der Waals surface area contributed by atoms with Gasteiger partial charge in [-0.1, -0.05) is 19.9 Å². The van der Waals surface area contributed by atoms with Crippen LogP contribution in [0.1, 0.15) is 25.8 Å². The number of hydrogen-bond donors (Lipinski definition) is 0. The number of carbonyl (C=O) groups is 1. The van der Waals surface area contributed by atoms with E-state index in [2.05, 4.69) is 0 Å². The van der Waals surface area contributed by atoms with E-state index < -0.39 is 0 Å². The Bertz CT molecular complexity index is 410. The molecule has 0 aromatic heterocycles. The molecule has 1 heterocycles. The lowest BCUT2D eigenvalue weighted by atomic mass is 9.87. The topological polar surface area (TPSA) is 35.5 Å². The van der Waals surface area contributed by atoms with Crippen molar-refractivity contribution in [1.82, 2.24) is 0 Å². The molecule has 0 unspecified atom stereocenters. The third-order valence-electron chi connectivity index (χ3n) is 2.79. The highest BCUT2D eigenvalue weighted by atomic mass is 16.5. The molecule has 0 saturated carbocycles. The molecule has 3 nitrogen and oxygen atoms in total. The van der Waals surface area contributed by atoms with Crippen LogP contribution in [0.3, 0.4) is 0 Å². The van der Waals surface area contributed by atoms with Crippen LogP contribution in [0.25, 0.3) is 0 Å². The monoisotopic (exact) mass is 234 g/mol. The molecule has 0 atom stereocenters. The van der Waals surface area contributed by atoms with Gasteiger partial charge < -0.3 is 14.3 Å². The van der Waals surface area contributed by atoms with Crippen LogP contribution in [0.5, 0.6) is 11.5 Å². The molecule has 0 fully saturated rings. The van der Waals surface area contributed by atoms with Gasteiger partial charge >= 0.3 is 0 Å². The SMILES string of the molecule is CC(C)(C=O)Cc1ccc2c(c1)OCCCO2. The molecule has 0 bridgehead atoms. The predicted molar refractivity (Wildman–Crippen MR) is 65.6 cm³/mol. The van der Waals surface area contributed by atoms with Crippen molar-refractivity contribution in [3.63, 3.8) is 0 Å². The Balaban J connectivity index is 2.20. The maximum Gasteiger partial charge on any atom is 0.161 e. The van der Waals surface area contributed by atoms with Crippen LogP contribution in [0.2, 0.25) is 0 Å². The summed E-state index contributed by atoms with van der Waals surface area (Å²) < 4.78 is 11.2. The van der Waals surface area contributed by atoms with Crippen LogP contribution in [-0.4, -0.2) is 19.5 Å². The van der Waals surface area contributed by atoms with Gasteiger partial charge in [0.2, 0.25) is 0 Å². The number of ether oxygens (including phenoxy) is 2. The third-order valence-corrected chi connectivity index (χ3v) is 2.79. The van der Waals surface area contributed by atoms with E-state index in [0.717, 1.165) is 29.8 Å². The first-order valence-corrected chi connectivity index (χ1v) is 5.96. The average molecular weight is 234 g/mol. The summed E-state index contributed by atoms with van der Waals surface area (Å²) in [5.74, 6) is 1.59. The summed E-state index contributed by atoms with van der Waals surface area (Å²) >= 11 is 0. The quantitative estimate of drug-likeness (QED) is 0.754. The molecule has 0 N–H and O–H groups in total. The molecule has 1 aromatic rings. The Labute approximate surface area is 102 Å². The molecular weight excluding hydrogens is 216 g/mol. The lowest BCUT2D eigenvalue weighted by Gasteiger charge is -2.17. The summed E-state index contributed by atoms with van der Waals surface area (Å²) in [6.45, 7) is 5.26. The lowest BCUT2D eigenvalue weighted by molar-refractivity contribution is -0.114. The number of rotatable bonds is 3. The molecule has 3 heteroatoms. The second kappa shape index (κ2) is 4.78. The van der Waals surface area contributed by atoms with E-state index in [9.17, 15) is 4.79 Å². The van der Waals surface area contributed by atoms with Gasteiger partial charge in [0.25, 0.3) is 0 Å². The molecule has 1 aromatic carbocycles. The van der Waals surface area contributed by atoms with E-state index in [1.165, 1.54) is 0 Å². The average Bonchev–Trinajstić information content (AvgIpc) is 2.53. The Hall–Kier alpha value is -1.51. The van der Waals surface area contributed by atoms with Gasteiger partial charge in [-0.2, -0.15) is 0 Å². The first kappa shape index (κ1) is 12.0. The molecule has 92 valence electrons. The van der Waals surface area contributed by atoms with Crippen LogP contribution in [0.15, 0.2) is 18.2 Å².